The van der Waals surface area contributed by atoms with E-state index in [1.54, 1.807) is 13.8 Å². The van der Waals surface area contributed by atoms with Crippen LogP contribution < -0.4 is 0 Å². The van der Waals surface area contributed by atoms with Crippen LogP contribution in [-0.4, -0.2) is 34.9 Å². The Morgan fingerprint density at radius 3 is 1.77 bits per heavy atom. The van der Waals surface area contributed by atoms with Crippen molar-refractivity contribution in [3.8, 4) is 0 Å². The summed E-state index contributed by atoms with van der Waals surface area (Å²) in [6, 6.07) is 0. The molecule has 0 aromatic rings. The minimum atomic E-state index is -0.961. The standard InChI is InChI=1S/C4H10N2.C3H6O3.Pt/c1-4(2,6)3-5;4-2-1-3(5)6;/h5-6H,3H2,1-2H3;4H,1-2H2,(H,5,6);/q-2;;+2. The van der Waals surface area contributed by atoms with Crippen LogP contribution in [0.25, 0.3) is 11.5 Å². The molecule has 0 aromatic carbocycles. The van der Waals surface area contributed by atoms with Gasteiger partial charge in [-0.3, -0.25) is 4.79 Å². The molecule has 0 bridgehead atoms. The van der Waals surface area contributed by atoms with Gasteiger partial charge in [0.25, 0.3) is 0 Å². The van der Waals surface area contributed by atoms with Gasteiger partial charge in [0, 0.05) is 0 Å². The summed E-state index contributed by atoms with van der Waals surface area (Å²) in [6.45, 7) is 3.36. The van der Waals surface area contributed by atoms with Gasteiger partial charge in [-0.25, -0.2) is 0 Å². The van der Waals surface area contributed by atoms with Gasteiger partial charge >= 0.3 is 27.0 Å². The fraction of sp³-hybridized carbons (Fsp3) is 0.857. The number of hydrogen-bond donors (Lipinski definition) is 2. The van der Waals surface area contributed by atoms with Crippen LogP contribution in [0.4, 0.5) is 0 Å². The Bertz CT molecular complexity index is 125. The number of aliphatic hydroxyl groups is 1. The van der Waals surface area contributed by atoms with Crippen molar-refractivity contribution < 1.29 is 36.1 Å². The third-order valence-corrected chi connectivity index (χ3v) is 0.768. The van der Waals surface area contributed by atoms with Gasteiger partial charge in [0.15, 0.2) is 0 Å². The Kier molecular flexibility index (Phi) is 14.6. The van der Waals surface area contributed by atoms with Crippen LogP contribution in [0.3, 0.4) is 0 Å². The van der Waals surface area contributed by atoms with E-state index < -0.39 is 11.5 Å². The number of aliphatic carboxylic acids is 1. The molecule has 82 valence electrons. The molecule has 0 aromatic heterocycles. The van der Waals surface area contributed by atoms with Crippen LogP contribution in [0.5, 0.6) is 0 Å². The first kappa shape index (κ1) is 18.8. The van der Waals surface area contributed by atoms with E-state index in [0.29, 0.717) is 0 Å². The van der Waals surface area contributed by atoms with E-state index in [0.717, 1.165) is 0 Å². The fourth-order valence-electron chi connectivity index (χ4n) is 0.0956. The van der Waals surface area contributed by atoms with Crippen molar-refractivity contribution in [1.82, 2.24) is 0 Å². The maximum Gasteiger partial charge on any atom is 2.00 e. The largest absolute Gasteiger partial charge is 2.00 e. The first-order valence-electron chi connectivity index (χ1n) is 3.55. The summed E-state index contributed by atoms with van der Waals surface area (Å²) in [7, 11) is 0. The van der Waals surface area contributed by atoms with Gasteiger partial charge in [0.05, 0.1) is 13.0 Å². The number of carboxylic acid groups (broad SMARTS) is 1. The third kappa shape index (κ3) is 33.3. The summed E-state index contributed by atoms with van der Waals surface area (Å²) in [6.07, 6.45) is -0.153. The molecule has 0 aliphatic carbocycles. The average Bonchev–Trinajstić information content (AvgIpc) is 1.87. The van der Waals surface area contributed by atoms with Gasteiger partial charge < -0.3 is 21.7 Å². The van der Waals surface area contributed by atoms with Crippen LogP contribution in [0, 0.1) is 0 Å². The molecule has 5 nitrogen and oxygen atoms in total. The van der Waals surface area contributed by atoms with Crippen molar-refractivity contribution in [1.29, 1.82) is 0 Å². The first-order valence-corrected chi connectivity index (χ1v) is 3.55. The van der Waals surface area contributed by atoms with Gasteiger partial charge in [0.2, 0.25) is 0 Å². The number of hydrogen-bond acceptors (Lipinski definition) is 2. The van der Waals surface area contributed by atoms with Crippen LogP contribution in [0.2, 0.25) is 0 Å². The van der Waals surface area contributed by atoms with E-state index in [9.17, 15) is 4.79 Å². The summed E-state index contributed by atoms with van der Waals surface area (Å²) >= 11 is 0. The molecule has 0 radical (unpaired) electrons. The van der Waals surface area contributed by atoms with Crippen molar-refractivity contribution in [2.45, 2.75) is 25.8 Å². The maximum absolute atomic E-state index is 9.44. The summed E-state index contributed by atoms with van der Waals surface area (Å²) in [5.41, 5.74) is 13.1. The van der Waals surface area contributed by atoms with E-state index in [2.05, 4.69) is 0 Å². The number of carboxylic acids is 1. The zero-order chi connectivity index (χ0) is 10.2. The Hall–Kier alpha value is 0.0383. The zero-order valence-corrected chi connectivity index (χ0v) is 10.0. The molecule has 0 fully saturated rings. The number of rotatable bonds is 3. The minimum Gasteiger partial charge on any atom is -0.678 e. The number of aliphatic hydroxyl groups excluding tert-OH is 1. The summed E-state index contributed by atoms with van der Waals surface area (Å²) < 4.78 is 0. The second-order valence-corrected chi connectivity index (χ2v) is 2.93. The predicted octanol–water partition coefficient (Wildman–Crippen LogP) is 1.32. The van der Waals surface area contributed by atoms with E-state index in [-0.39, 0.29) is 40.6 Å². The van der Waals surface area contributed by atoms with E-state index in [1.807, 2.05) is 0 Å². The molecule has 4 N–H and O–H groups in total. The van der Waals surface area contributed by atoms with Crippen LogP contribution in [0.1, 0.15) is 20.3 Å². The van der Waals surface area contributed by atoms with E-state index in [1.165, 1.54) is 0 Å². The minimum absolute atomic E-state index is 0. The van der Waals surface area contributed by atoms with E-state index >= 15 is 0 Å². The van der Waals surface area contributed by atoms with Crippen LogP contribution >= 0.6 is 0 Å². The molecule has 0 atom stereocenters. The second kappa shape index (κ2) is 10.1. The zero-order valence-electron chi connectivity index (χ0n) is 7.74. The Morgan fingerprint density at radius 2 is 1.77 bits per heavy atom. The maximum atomic E-state index is 9.44. The molecule has 0 rings (SSSR count). The van der Waals surface area contributed by atoms with Crippen molar-refractivity contribution >= 4 is 5.97 Å². The molecule has 0 heterocycles. The number of nitrogens with one attached hydrogen (secondary N) is 2. The Morgan fingerprint density at radius 1 is 1.46 bits per heavy atom. The molecule has 0 saturated carbocycles. The van der Waals surface area contributed by atoms with Crippen molar-refractivity contribution in [2.24, 2.45) is 0 Å². The number of carbonyl (C=O) groups is 1. The SMILES string of the molecule is CC(C)([NH-])C[NH-].O=C(O)CCO.[Pt+2]. The molecule has 0 saturated heterocycles. The Labute approximate surface area is 92.8 Å². The molecule has 0 spiro atoms. The first-order chi connectivity index (χ1) is 5.33. The van der Waals surface area contributed by atoms with Crippen LogP contribution in [0.15, 0.2) is 0 Å². The molecule has 0 aliphatic rings. The summed E-state index contributed by atoms with van der Waals surface area (Å²) in [5.74, 6) is -0.961. The van der Waals surface area contributed by atoms with E-state index in [4.69, 9.17) is 21.7 Å². The third-order valence-electron chi connectivity index (χ3n) is 0.768. The molecule has 0 unspecified atom stereocenters. The molecule has 0 amide bonds. The quantitative estimate of drug-likeness (QED) is 0.782. The molecule has 0 aliphatic heterocycles. The molecule has 13 heavy (non-hydrogen) atoms. The topological polar surface area (TPSA) is 105 Å². The van der Waals surface area contributed by atoms with Gasteiger partial charge in [0.1, 0.15) is 0 Å². The van der Waals surface area contributed by atoms with Gasteiger partial charge in [-0.1, -0.05) is 13.8 Å². The van der Waals surface area contributed by atoms with Crippen molar-refractivity contribution in [3.05, 3.63) is 11.5 Å². The van der Waals surface area contributed by atoms with Gasteiger partial charge in [-0.2, -0.15) is 12.1 Å². The van der Waals surface area contributed by atoms with Gasteiger partial charge in [-0.15, -0.1) is 0 Å². The van der Waals surface area contributed by atoms with Crippen LogP contribution in [-0.2, 0) is 25.9 Å². The van der Waals surface area contributed by atoms with Gasteiger partial charge in [-0.05, 0) is 0 Å². The summed E-state index contributed by atoms with van der Waals surface area (Å²) in [5, 5.41) is 15.6. The average molecular weight is 371 g/mol. The molecular weight excluding hydrogens is 355 g/mol. The second-order valence-electron chi connectivity index (χ2n) is 2.93. The normalized spacial score (nSPS) is 9.31. The molecular formula is C7H16N2O3Pt. The van der Waals surface area contributed by atoms with Crippen molar-refractivity contribution in [2.75, 3.05) is 13.2 Å². The smallest absolute Gasteiger partial charge is 0.678 e. The predicted molar refractivity (Wildman–Crippen MR) is 46.9 cm³/mol. The monoisotopic (exact) mass is 371 g/mol. The molecule has 6 heteroatoms. The summed E-state index contributed by atoms with van der Waals surface area (Å²) in [4.78, 5) is 9.44. The van der Waals surface area contributed by atoms with Crippen molar-refractivity contribution in [3.63, 3.8) is 0 Å². The Balaban J connectivity index is -0.000000143. The fourth-order valence-corrected chi connectivity index (χ4v) is 0.0956.